The number of nitrogens with two attached hydrogens (primary N) is 1. The van der Waals surface area contributed by atoms with Crippen LogP contribution in [0.25, 0.3) is 27.1 Å². The fourth-order valence-corrected chi connectivity index (χ4v) is 2.56. The van der Waals surface area contributed by atoms with E-state index in [2.05, 4.69) is 35.2 Å². The summed E-state index contributed by atoms with van der Waals surface area (Å²) >= 11 is 1.30. The molecule has 0 saturated carbocycles. The summed E-state index contributed by atoms with van der Waals surface area (Å²) in [5.41, 5.74) is 6.88. The molecule has 0 unspecified atom stereocenters. The molecule has 0 aliphatic rings. The number of fused-ring (bicyclic) bond motifs is 1. The zero-order chi connectivity index (χ0) is 13.5. The molecule has 4 aromatic heterocycles. The van der Waals surface area contributed by atoms with Crippen molar-refractivity contribution < 1.29 is 4.63 Å². The largest absolute Gasteiger partial charge is 0.379 e. The Morgan fingerprint density at radius 2 is 2.20 bits per heavy atom. The molecule has 0 aliphatic carbocycles. The van der Waals surface area contributed by atoms with Crippen LogP contribution in [0.15, 0.2) is 29.2 Å². The molecule has 4 aromatic rings. The molecule has 0 aromatic carbocycles. The van der Waals surface area contributed by atoms with Crippen LogP contribution in [0.2, 0.25) is 0 Å². The highest BCUT2D eigenvalue weighted by Crippen LogP contribution is 2.28. The maximum Gasteiger partial charge on any atom is 0.235 e. The maximum atomic E-state index is 5.66. The van der Waals surface area contributed by atoms with E-state index in [4.69, 9.17) is 5.73 Å². The van der Waals surface area contributed by atoms with Crippen LogP contribution in [-0.2, 0) is 0 Å². The second-order valence-corrected chi connectivity index (χ2v) is 4.82. The molecule has 10 heteroatoms. The van der Waals surface area contributed by atoms with Gasteiger partial charge in [-0.3, -0.25) is 4.98 Å². The Bertz CT molecular complexity index is 879. The summed E-state index contributed by atoms with van der Waals surface area (Å²) in [4.78, 5) is 4.68. The van der Waals surface area contributed by atoms with E-state index in [9.17, 15) is 0 Å². The van der Waals surface area contributed by atoms with Crippen LogP contribution in [0.3, 0.4) is 0 Å². The van der Waals surface area contributed by atoms with Crippen LogP contribution in [0.5, 0.6) is 0 Å². The van der Waals surface area contributed by atoms with Gasteiger partial charge in [0.1, 0.15) is 0 Å². The minimum Gasteiger partial charge on any atom is -0.379 e. The van der Waals surface area contributed by atoms with Crippen LogP contribution < -0.4 is 5.73 Å². The number of nitrogens with zero attached hydrogens (tertiary/aromatic N) is 7. The van der Waals surface area contributed by atoms with Gasteiger partial charge in [-0.2, -0.15) is 9.61 Å². The van der Waals surface area contributed by atoms with Crippen molar-refractivity contribution in [1.82, 2.24) is 35.1 Å². The summed E-state index contributed by atoms with van der Waals surface area (Å²) in [6, 6.07) is 3.71. The summed E-state index contributed by atoms with van der Waals surface area (Å²) < 4.78 is 6.19. The number of hydrogen-bond donors (Lipinski definition) is 1. The molecule has 0 atom stereocenters. The number of anilines is 1. The lowest BCUT2D eigenvalue weighted by atomic mass is 10.3. The van der Waals surface area contributed by atoms with E-state index in [1.807, 2.05) is 12.1 Å². The quantitative estimate of drug-likeness (QED) is 0.576. The van der Waals surface area contributed by atoms with E-state index in [0.717, 1.165) is 5.56 Å². The third-order valence-electron chi connectivity index (χ3n) is 2.63. The number of nitrogen functional groups attached to an aromatic ring is 1. The highest BCUT2D eigenvalue weighted by molar-refractivity contribution is 7.19. The normalized spacial score (nSPS) is 11.2. The van der Waals surface area contributed by atoms with Gasteiger partial charge in [-0.25, -0.2) is 4.63 Å². The summed E-state index contributed by atoms with van der Waals surface area (Å²) in [6.07, 6.45) is 3.39. The molecule has 0 fully saturated rings. The van der Waals surface area contributed by atoms with Crippen molar-refractivity contribution in [3.63, 3.8) is 0 Å². The van der Waals surface area contributed by atoms with Crippen molar-refractivity contribution >= 4 is 22.1 Å². The van der Waals surface area contributed by atoms with E-state index in [0.29, 0.717) is 21.5 Å². The maximum absolute atomic E-state index is 5.66. The SMILES string of the molecule is Nc1nonc1-c1nn2c(-c3cccnc3)nnc2s1. The van der Waals surface area contributed by atoms with Crippen LogP contribution in [-0.4, -0.2) is 35.1 Å². The van der Waals surface area contributed by atoms with Gasteiger partial charge in [0.25, 0.3) is 0 Å². The van der Waals surface area contributed by atoms with Crippen LogP contribution >= 0.6 is 11.3 Å². The van der Waals surface area contributed by atoms with Crippen molar-refractivity contribution in [2.45, 2.75) is 0 Å². The van der Waals surface area contributed by atoms with Gasteiger partial charge in [0.15, 0.2) is 22.3 Å². The topological polar surface area (TPSA) is 121 Å². The molecular weight excluding hydrogens is 280 g/mol. The van der Waals surface area contributed by atoms with E-state index in [-0.39, 0.29) is 5.82 Å². The lowest BCUT2D eigenvalue weighted by molar-refractivity contribution is 0.310. The van der Waals surface area contributed by atoms with Gasteiger partial charge in [0, 0.05) is 18.0 Å². The number of aromatic nitrogens is 7. The van der Waals surface area contributed by atoms with Gasteiger partial charge in [-0.05, 0) is 22.4 Å². The van der Waals surface area contributed by atoms with Gasteiger partial charge < -0.3 is 5.73 Å². The predicted molar refractivity (Wildman–Crippen MR) is 69.6 cm³/mol. The summed E-state index contributed by atoms with van der Waals surface area (Å²) in [5, 5.41) is 20.4. The minimum atomic E-state index is 0.192. The molecule has 4 rings (SSSR count). The smallest absolute Gasteiger partial charge is 0.235 e. The second kappa shape index (κ2) is 4.06. The third-order valence-corrected chi connectivity index (χ3v) is 3.53. The Kier molecular flexibility index (Phi) is 2.23. The van der Waals surface area contributed by atoms with Crippen LogP contribution in [0.1, 0.15) is 0 Å². The average Bonchev–Trinajstić information content (AvgIpc) is 3.13. The first-order chi connectivity index (χ1) is 9.83. The Morgan fingerprint density at radius 3 is 2.95 bits per heavy atom. The molecule has 0 radical (unpaired) electrons. The fraction of sp³-hybridized carbons (Fsp3) is 0. The van der Waals surface area contributed by atoms with Gasteiger partial charge in [0.05, 0.1) is 0 Å². The average molecular weight is 286 g/mol. The summed E-state index contributed by atoms with van der Waals surface area (Å²) in [6.45, 7) is 0. The zero-order valence-electron chi connectivity index (χ0n) is 9.83. The number of pyridine rings is 1. The predicted octanol–water partition coefficient (Wildman–Crippen LogP) is 0.880. The molecule has 20 heavy (non-hydrogen) atoms. The first-order valence-electron chi connectivity index (χ1n) is 5.54. The van der Waals surface area contributed by atoms with Crippen molar-refractivity contribution in [2.75, 3.05) is 5.73 Å². The van der Waals surface area contributed by atoms with Crippen LogP contribution in [0, 0.1) is 0 Å². The highest BCUT2D eigenvalue weighted by atomic mass is 32.1. The van der Waals surface area contributed by atoms with E-state index >= 15 is 0 Å². The monoisotopic (exact) mass is 286 g/mol. The number of hydrogen-bond acceptors (Lipinski definition) is 9. The lowest BCUT2D eigenvalue weighted by Gasteiger charge is -1.94. The van der Waals surface area contributed by atoms with Crippen LogP contribution in [0.4, 0.5) is 5.82 Å². The van der Waals surface area contributed by atoms with E-state index in [1.54, 1.807) is 16.9 Å². The summed E-state index contributed by atoms with van der Waals surface area (Å²) in [7, 11) is 0. The fourth-order valence-electron chi connectivity index (χ4n) is 1.73. The Morgan fingerprint density at radius 1 is 1.25 bits per heavy atom. The molecule has 0 saturated heterocycles. The molecule has 0 amide bonds. The number of rotatable bonds is 2. The Hall–Kier alpha value is -2.88. The van der Waals surface area contributed by atoms with Gasteiger partial charge in [-0.1, -0.05) is 11.3 Å². The van der Waals surface area contributed by atoms with E-state index < -0.39 is 0 Å². The first kappa shape index (κ1) is 11.0. The van der Waals surface area contributed by atoms with Crippen molar-refractivity contribution in [1.29, 1.82) is 0 Å². The minimum absolute atomic E-state index is 0.192. The van der Waals surface area contributed by atoms with Gasteiger partial charge in [-0.15, -0.1) is 10.2 Å². The molecule has 4 heterocycles. The van der Waals surface area contributed by atoms with Crippen molar-refractivity contribution in [3.05, 3.63) is 24.5 Å². The second-order valence-electron chi connectivity index (χ2n) is 3.86. The lowest BCUT2D eigenvalue weighted by Crippen LogP contribution is -1.93. The molecule has 2 N–H and O–H groups in total. The molecule has 0 spiro atoms. The highest BCUT2D eigenvalue weighted by Gasteiger charge is 2.18. The standard InChI is InChI=1S/C10H6N8OS/c11-7-6(16-19-17-7)9-15-18-8(13-14-10(18)20-9)5-2-1-3-12-4-5/h1-4H,(H2,11,17). The van der Waals surface area contributed by atoms with Crippen molar-refractivity contribution in [3.8, 4) is 22.1 Å². The van der Waals surface area contributed by atoms with E-state index in [1.165, 1.54) is 11.3 Å². The third kappa shape index (κ3) is 1.55. The van der Waals surface area contributed by atoms with Gasteiger partial charge >= 0.3 is 0 Å². The molecule has 0 aliphatic heterocycles. The Balaban J connectivity index is 1.90. The molecule has 0 bridgehead atoms. The Labute approximate surface area is 115 Å². The summed E-state index contributed by atoms with van der Waals surface area (Å²) in [5.74, 6) is 0.795. The molecule has 98 valence electrons. The zero-order valence-corrected chi connectivity index (χ0v) is 10.7. The van der Waals surface area contributed by atoms with Gasteiger partial charge in [0.2, 0.25) is 4.96 Å². The molecular formula is C10H6N8OS. The van der Waals surface area contributed by atoms with Crippen molar-refractivity contribution in [2.24, 2.45) is 0 Å². The molecule has 9 nitrogen and oxygen atoms in total. The first-order valence-corrected chi connectivity index (χ1v) is 6.35.